The number of carbonyl (C=O) groups excluding carboxylic acids is 1. The third-order valence-electron chi connectivity index (χ3n) is 1.00. The summed E-state index contributed by atoms with van der Waals surface area (Å²) in [5.41, 5.74) is -0.186. The van der Waals surface area contributed by atoms with Gasteiger partial charge in [0.1, 0.15) is 5.78 Å². The van der Waals surface area contributed by atoms with Crippen molar-refractivity contribution < 1.29 is 4.79 Å². The van der Waals surface area contributed by atoms with Gasteiger partial charge in [-0.2, -0.15) is 0 Å². The lowest BCUT2D eigenvalue weighted by molar-refractivity contribution is -0.122. The SMILES string of the molecule is C[CH]C(=O)C(C)(C)C. The van der Waals surface area contributed by atoms with E-state index in [0.29, 0.717) is 0 Å². The number of Topliss-reactive ketones (excluding diaryl/α,β-unsaturated/α-hetero) is 1. The summed E-state index contributed by atoms with van der Waals surface area (Å²) in [4.78, 5) is 10.8. The average molecular weight is 113 g/mol. The van der Waals surface area contributed by atoms with Crippen LogP contribution in [0.25, 0.3) is 0 Å². The third-order valence-corrected chi connectivity index (χ3v) is 1.00. The highest BCUT2D eigenvalue weighted by Crippen LogP contribution is 2.15. The van der Waals surface area contributed by atoms with E-state index in [2.05, 4.69) is 0 Å². The molecule has 1 heteroatoms. The highest BCUT2D eigenvalue weighted by atomic mass is 16.1. The summed E-state index contributed by atoms with van der Waals surface area (Å²) in [6.07, 6.45) is 1.61. The van der Waals surface area contributed by atoms with Gasteiger partial charge < -0.3 is 0 Å². The number of hydrogen-bond donors (Lipinski definition) is 0. The minimum atomic E-state index is -0.186. The predicted molar refractivity (Wildman–Crippen MR) is 34.4 cm³/mol. The molecule has 0 aliphatic heterocycles. The molecule has 0 aliphatic rings. The molecule has 0 bridgehead atoms. The minimum absolute atomic E-state index is 0.186. The van der Waals surface area contributed by atoms with Gasteiger partial charge in [0.15, 0.2) is 0 Å². The lowest BCUT2D eigenvalue weighted by atomic mass is 9.90. The summed E-state index contributed by atoms with van der Waals surface area (Å²) in [6, 6.07) is 0. The van der Waals surface area contributed by atoms with Gasteiger partial charge in [-0.25, -0.2) is 0 Å². The Balaban J connectivity index is 3.82. The first-order valence-electron chi connectivity index (χ1n) is 2.82. The van der Waals surface area contributed by atoms with Gasteiger partial charge in [-0.05, 0) is 0 Å². The Morgan fingerprint density at radius 2 is 1.75 bits per heavy atom. The van der Waals surface area contributed by atoms with Crippen molar-refractivity contribution in [1.29, 1.82) is 0 Å². The van der Waals surface area contributed by atoms with E-state index in [0.717, 1.165) is 0 Å². The number of rotatable bonds is 1. The zero-order valence-corrected chi connectivity index (χ0v) is 5.99. The fourth-order valence-electron chi connectivity index (χ4n) is 0.433. The summed E-state index contributed by atoms with van der Waals surface area (Å²) in [5.74, 6) is 0.206. The van der Waals surface area contributed by atoms with E-state index in [1.165, 1.54) is 0 Å². The number of ketones is 1. The average Bonchev–Trinajstić information content (AvgIpc) is 1.62. The summed E-state index contributed by atoms with van der Waals surface area (Å²) in [5, 5.41) is 0. The molecular weight excluding hydrogens is 100 g/mol. The van der Waals surface area contributed by atoms with Crippen molar-refractivity contribution in [2.75, 3.05) is 0 Å². The first kappa shape index (κ1) is 7.67. The van der Waals surface area contributed by atoms with Crippen LogP contribution in [0, 0.1) is 11.8 Å². The van der Waals surface area contributed by atoms with Crippen LogP contribution in [0.4, 0.5) is 0 Å². The van der Waals surface area contributed by atoms with Crippen molar-refractivity contribution >= 4 is 5.78 Å². The lowest BCUT2D eigenvalue weighted by Gasteiger charge is -2.13. The van der Waals surface area contributed by atoms with Crippen molar-refractivity contribution in [3.63, 3.8) is 0 Å². The van der Waals surface area contributed by atoms with E-state index >= 15 is 0 Å². The molecule has 47 valence electrons. The third kappa shape index (κ3) is 2.10. The van der Waals surface area contributed by atoms with Crippen LogP contribution in [0.2, 0.25) is 0 Å². The Morgan fingerprint density at radius 3 is 1.75 bits per heavy atom. The molecule has 0 saturated carbocycles. The topological polar surface area (TPSA) is 17.1 Å². The quantitative estimate of drug-likeness (QED) is 0.507. The fourth-order valence-corrected chi connectivity index (χ4v) is 0.433. The van der Waals surface area contributed by atoms with Crippen LogP contribution < -0.4 is 0 Å². The van der Waals surface area contributed by atoms with Gasteiger partial charge in [-0.15, -0.1) is 0 Å². The molecule has 0 saturated heterocycles. The first-order chi connectivity index (χ1) is 3.48. The maximum atomic E-state index is 10.8. The molecule has 8 heavy (non-hydrogen) atoms. The Kier molecular flexibility index (Phi) is 2.20. The smallest absolute Gasteiger partial charge is 0.141 e. The second kappa shape index (κ2) is 2.29. The van der Waals surface area contributed by atoms with Crippen molar-refractivity contribution in [2.45, 2.75) is 27.7 Å². The Hall–Kier alpha value is -0.330. The van der Waals surface area contributed by atoms with Gasteiger partial charge in [-0.1, -0.05) is 27.7 Å². The minimum Gasteiger partial charge on any atom is -0.299 e. The van der Waals surface area contributed by atoms with Crippen LogP contribution in [0.3, 0.4) is 0 Å². The van der Waals surface area contributed by atoms with Gasteiger partial charge in [-0.3, -0.25) is 4.79 Å². The van der Waals surface area contributed by atoms with Crippen molar-refractivity contribution in [2.24, 2.45) is 5.41 Å². The molecule has 0 unspecified atom stereocenters. The zero-order valence-electron chi connectivity index (χ0n) is 5.99. The highest BCUT2D eigenvalue weighted by molar-refractivity contribution is 5.90. The predicted octanol–water partition coefficient (Wildman–Crippen LogP) is 1.83. The molecule has 1 radical (unpaired) electrons. The number of hydrogen-bond acceptors (Lipinski definition) is 1. The van der Waals surface area contributed by atoms with Crippen LogP contribution in [0.15, 0.2) is 0 Å². The summed E-state index contributed by atoms with van der Waals surface area (Å²) in [6.45, 7) is 7.51. The molecule has 0 N–H and O–H groups in total. The molecule has 0 aliphatic carbocycles. The van der Waals surface area contributed by atoms with Gasteiger partial charge in [0.05, 0.1) is 0 Å². The van der Waals surface area contributed by atoms with Gasteiger partial charge >= 0.3 is 0 Å². The summed E-state index contributed by atoms with van der Waals surface area (Å²) >= 11 is 0. The molecule has 0 aromatic rings. The standard InChI is InChI=1S/C7H13O/c1-5-6(8)7(2,3)4/h5H,1-4H3. The van der Waals surface area contributed by atoms with Crippen molar-refractivity contribution in [3.05, 3.63) is 6.42 Å². The van der Waals surface area contributed by atoms with E-state index in [1.54, 1.807) is 13.3 Å². The van der Waals surface area contributed by atoms with E-state index in [4.69, 9.17) is 0 Å². The van der Waals surface area contributed by atoms with E-state index < -0.39 is 0 Å². The molecule has 0 fully saturated rings. The molecule has 0 amide bonds. The second-order valence-corrected chi connectivity index (χ2v) is 2.90. The molecular formula is C7H13O. The van der Waals surface area contributed by atoms with E-state index in [-0.39, 0.29) is 11.2 Å². The van der Waals surface area contributed by atoms with Crippen LogP contribution in [0.5, 0.6) is 0 Å². The molecule has 0 aromatic carbocycles. The number of carbonyl (C=O) groups is 1. The second-order valence-electron chi connectivity index (χ2n) is 2.90. The normalized spacial score (nSPS) is 11.5. The van der Waals surface area contributed by atoms with Crippen LogP contribution >= 0.6 is 0 Å². The van der Waals surface area contributed by atoms with E-state index in [1.807, 2.05) is 20.8 Å². The highest BCUT2D eigenvalue weighted by Gasteiger charge is 2.18. The van der Waals surface area contributed by atoms with Gasteiger partial charge in [0, 0.05) is 11.8 Å². The van der Waals surface area contributed by atoms with E-state index in [9.17, 15) is 4.79 Å². The molecule has 0 aromatic heterocycles. The molecule has 0 rings (SSSR count). The summed E-state index contributed by atoms with van der Waals surface area (Å²) < 4.78 is 0. The van der Waals surface area contributed by atoms with Crippen LogP contribution in [0.1, 0.15) is 27.7 Å². The van der Waals surface area contributed by atoms with Gasteiger partial charge in [0.2, 0.25) is 0 Å². The maximum absolute atomic E-state index is 10.8. The molecule has 0 spiro atoms. The van der Waals surface area contributed by atoms with Crippen LogP contribution in [-0.2, 0) is 4.79 Å². The fraction of sp³-hybridized carbons (Fsp3) is 0.714. The summed E-state index contributed by atoms with van der Waals surface area (Å²) in [7, 11) is 0. The van der Waals surface area contributed by atoms with Gasteiger partial charge in [0.25, 0.3) is 0 Å². The Morgan fingerprint density at radius 1 is 1.38 bits per heavy atom. The molecule has 0 heterocycles. The zero-order chi connectivity index (χ0) is 6.78. The van der Waals surface area contributed by atoms with Crippen LogP contribution in [-0.4, -0.2) is 5.78 Å². The molecule has 0 atom stereocenters. The Labute approximate surface area is 51.1 Å². The molecule has 1 nitrogen and oxygen atoms in total. The maximum Gasteiger partial charge on any atom is 0.141 e. The van der Waals surface area contributed by atoms with Crippen molar-refractivity contribution in [1.82, 2.24) is 0 Å². The first-order valence-corrected chi connectivity index (χ1v) is 2.82. The lowest BCUT2D eigenvalue weighted by Crippen LogP contribution is -2.18. The Bertz CT molecular complexity index is 87.1. The van der Waals surface area contributed by atoms with Crippen molar-refractivity contribution in [3.8, 4) is 0 Å². The monoisotopic (exact) mass is 113 g/mol. The largest absolute Gasteiger partial charge is 0.299 e.